The lowest BCUT2D eigenvalue weighted by Gasteiger charge is -2.60. The van der Waals surface area contributed by atoms with E-state index in [4.69, 9.17) is 0 Å². The second-order valence-electron chi connectivity index (χ2n) is 11.4. The molecule has 190 valence electrons. The van der Waals surface area contributed by atoms with Gasteiger partial charge in [0.15, 0.2) is 0 Å². The average Bonchev–Trinajstić information content (AvgIpc) is 3.10. The van der Waals surface area contributed by atoms with Crippen molar-refractivity contribution >= 4 is 23.5 Å². The van der Waals surface area contributed by atoms with Crippen LogP contribution >= 0.6 is 7.44 Å². The van der Waals surface area contributed by atoms with Gasteiger partial charge < -0.3 is 5.11 Å². The largest absolute Gasteiger partial charge is 0.506 e. The molecular formula is C32H35N2O2P. The van der Waals surface area contributed by atoms with E-state index in [0.717, 1.165) is 34.7 Å². The van der Waals surface area contributed by atoms with Gasteiger partial charge in [0.2, 0.25) is 0 Å². The fraction of sp³-hybridized carbons (Fsp3) is 0.312. The van der Waals surface area contributed by atoms with Crippen molar-refractivity contribution in [2.75, 3.05) is 0 Å². The summed E-state index contributed by atoms with van der Waals surface area (Å²) in [7, 11) is -3.44. The molecule has 0 unspecified atom stereocenters. The monoisotopic (exact) mass is 510 g/mol. The lowest BCUT2D eigenvalue weighted by molar-refractivity contribution is 0.00820. The molecule has 1 N–H and O–H groups in total. The minimum Gasteiger partial charge on any atom is -0.506 e. The van der Waals surface area contributed by atoms with Crippen molar-refractivity contribution < 1.29 is 9.67 Å². The second-order valence-corrected chi connectivity index (χ2v) is 13.9. The molecule has 0 radical (unpaired) electrons. The number of fused-ring (bicyclic) bond motifs is 3. The Morgan fingerprint density at radius 2 is 1.41 bits per heavy atom. The number of hydrogen-bond acceptors (Lipinski definition) is 2. The van der Waals surface area contributed by atoms with E-state index in [2.05, 4.69) is 54.4 Å². The van der Waals surface area contributed by atoms with Crippen LogP contribution in [0.2, 0.25) is 0 Å². The first-order valence-corrected chi connectivity index (χ1v) is 14.8. The number of rotatable bonds is 5. The summed E-state index contributed by atoms with van der Waals surface area (Å²) in [4.78, 5) is 0. The van der Waals surface area contributed by atoms with Gasteiger partial charge in [0, 0.05) is 30.1 Å². The minimum atomic E-state index is -3.44. The third-order valence-corrected chi connectivity index (χ3v) is 12.6. The smallest absolute Gasteiger partial charge is 0.250 e. The van der Waals surface area contributed by atoms with Crippen molar-refractivity contribution in [3.8, 4) is 5.75 Å². The molecule has 0 spiro atoms. The molecule has 5 heteroatoms. The fourth-order valence-corrected chi connectivity index (χ4v) is 10.7. The molecule has 0 amide bonds. The van der Waals surface area contributed by atoms with Crippen molar-refractivity contribution in [2.24, 2.45) is 5.41 Å². The molecule has 37 heavy (non-hydrogen) atoms. The van der Waals surface area contributed by atoms with Crippen molar-refractivity contribution in [1.29, 1.82) is 0 Å². The first-order valence-electron chi connectivity index (χ1n) is 13.2. The Bertz CT molecular complexity index is 1490. The zero-order chi connectivity index (χ0) is 25.8. The summed E-state index contributed by atoms with van der Waals surface area (Å²) in [6, 6.07) is 32.5. The van der Waals surface area contributed by atoms with Gasteiger partial charge in [-0.1, -0.05) is 105 Å². The summed E-state index contributed by atoms with van der Waals surface area (Å²) in [6.07, 6.45) is 1.93. The SMILES string of the molecule is CC1(C)[C@@H]2CC[C@@]1(C)N(Cc1ccccc1)[P@](=O)(c1ccc3ccccc3c1O)N2Cc1ccccc1. The van der Waals surface area contributed by atoms with Gasteiger partial charge in [-0.05, 0) is 47.8 Å². The maximum atomic E-state index is 16.0. The molecule has 1 heterocycles. The number of aromatic hydroxyl groups is 1. The summed E-state index contributed by atoms with van der Waals surface area (Å²) in [5, 5.41) is 14.0. The normalized spacial score (nSPS) is 27.5. The summed E-state index contributed by atoms with van der Waals surface area (Å²) < 4.78 is 20.5. The van der Waals surface area contributed by atoms with Crippen LogP contribution in [-0.4, -0.2) is 26.0 Å². The number of hydrogen-bond donors (Lipinski definition) is 1. The molecule has 1 saturated heterocycles. The van der Waals surface area contributed by atoms with Crippen molar-refractivity contribution in [3.63, 3.8) is 0 Å². The predicted octanol–water partition coefficient (Wildman–Crippen LogP) is 7.33. The molecule has 4 nitrogen and oxygen atoms in total. The molecule has 6 rings (SSSR count). The van der Waals surface area contributed by atoms with Gasteiger partial charge in [-0.15, -0.1) is 0 Å². The Kier molecular flexibility index (Phi) is 5.84. The van der Waals surface area contributed by atoms with Crippen LogP contribution in [0.15, 0.2) is 97.1 Å². The maximum Gasteiger partial charge on any atom is 0.250 e. The highest BCUT2D eigenvalue weighted by molar-refractivity contribution is 7.67. The standard InChI is InChI=1S/C32H35N2O2P/c1-31(2)29-20-21-32(31,3)34(23-25-14-8-5-9-15-25)37(36,33(29)22-24-12-6-4-7-13-24)28-19-18-26-16-10-11-17-27(26)30(28)35/h4-19,29,35H,20-23H2,1-3H3/t29-,32+,37-/m0/s1. The third-order valence-electron chi connectivity index (χ3n) is 9.29. The van der Waals surface area contributed by atoms with Gasteiger partial charge in [-0.3, -0.25) is 4.57 Å². The number of phenolic OH excluding ortho intramolecular Hbond substituents is 1. The van der Waals surface area contributed by atoms with Crippen LogP contribution in [0.5, 0.6) is 5.75 Å². The molecule has 0 aromatic heterocycles. The Hall–Kier alpha value is -2.91. The molecule has 1 aliphatic carbocycles. The van der Waals surface area contributed by atoms with Crippen LogP contribution in [-0.2, 0) is 17.7 Å². The Labute approximate surface area is 220 Å². The van der Waals surface area contributed by atoms with Gasteiger partial charge in [0.05, 0.1) is 5.30 Å². The van der Waals surface area contributed by atoms with Gasteiger partial charge >= 0.3 is 0 Å². The van der Waals surface area contributed by atoms with E-state index in [-0.39, 0.29) is 22.7 Å². The summed E-state index contributed by atoms with van der Waals surface area (Å²) in [5.41, 5.74) is 1.87. The molecule has 3 atom stereocenters. The molecule has 2 fully saturated rings. The van der Waals surface area contributed by atoms with Crippen molar-refractivity contribution in [3.05, 3.63) is 108 Å². The van der Waals surface area contributed by atoms with Crippen molar-refractivity contribution in [2.45, 2.75) is 58.3 Å². The highest BCUT2D eigenvalue weighted by Crippen LogP contribution is 2.72. The Morgan fingerprint density at radius 3 is 2.08 bits per heavy atom. The first kappa shape index (κ1) is 24.4. The Balaban J connectivity index is 1.61. The second kappa shape index (κ2) is 8.84. The van der Waals surface area contributed by atoms with Crippen LogP contribution in [0.4, 0.5) is 0 Å². The molecule has 1 saturated carbocycles. The van der Waals surface area contributed by atoms with E-state index in [0.29, 0.717) is 18.4 Å². The van der Waals surface area contributed by atoms with Crippen LogP contribution in [0.3, 0.4) is 0 Å². The van der Waals surface area contributed by atoms with E-state index in [1.54, 1.807) is 0 Å². The molecule has 1 aliphatic heterocycles. The number of benzene rings is 4. The fourth-order valence-electron chi connectivity index (χ4n) is 6.82. The van der Waals surface area contributed by atoms with E-state index >= 15 is 4.57 Å². The summed E-state index contributed by atoms with van der Waals surface area (Å²) in [6.45, 7) is 8.09. The number of phenols is 1. The van der Waals surface area contributed by atoms with Crippen LogP contribution in [0.1, 0.15) is 44.7 Å². The van der Waals surface area contributed by atoms with Gasteiger partial charge in [0.1, 0.15) is 5.75 Å². The van der Waals surface area contributed by atoms with E-state index < -0.39 is 7.44 Å². The summed E-state index contributed by atoms with van der Waals surface area (Å²) >= 11 is 0. The lowest BCUT2D eigenvalue weighted by Crippen LogP contribution is -2.63. The molecule has 2 aliphatic rings. The number of nitrogens with zero attached hydrogens (tertiary/aromatic N) is 2. The lowest BCUT2D eigenvalue weighted by atomic mass is 9.73. The zero-order valence-corrected chi connectivity index (χ0v) is 22.7. The minimum absolute atomic E-state index is 0.100. The topological polar surface area (TPSA) is 43.8 Å². The van der Waals surface area contributed by atoms with Gasteiger partial charge in [-0.2, -0.15) is 0 Å². The molecule has 4 aromatic rings. The molecule has 2 bridgehead atoms. The first-order chi connectivity index (χ1) is 17.8. The van der Waals surface area contributed by atoms with Gasteiger partial charge in [-0.25, -0.2) is 9.34 Å². The third kappa shape index (κ3) is 3.61. The average molecular weight is 511 g/mol. The highest BCUT2D eigenvalue weighted by atomic mass is 31.2. The quantitative estimate of drug-likeness (QED) is 0.286. The van der Waals surface area contributed by atoms with Crippen LogP contribution in [0, 0.1) is 5.41 Å². The molecular weight excluding hydrogens is 475 g/mol. The Morgan fingerprint density at radius 1 is 0.811 bits per heavy atom. The maximum absolute atomic E-state index is 16.0. The summed E-state index contributed by atoms with van der Waals surface area (Å²) in [5.74, 6) is 0.139. The van der Waals surface area contributed by atoms with Gasteiger partial charge in [0.25, 0.3) is 7.44 Å². The van der Waals surface area contributed by atoms with Crippen molar-refractivity contribution in [1.82, 2.24) is 9.34 Å². The predicted molar refractivity (Wildman–Crippen MR) is 152 cm³/mol. The van der Waals surface area contributed by atoms with E-state index in [9.17, 15) is 5.11 Å². The van der Waals surface area contributed by atoms with Crippen LogP contribution < -0.4 is 5.30 Å². The highest BCUT2D eigenvalue weighted by Gasteiger charge is 2.67. The van der Waals surface area contributed by atoms with E-state index in [1.807, 2.05) is 72.8 Å². The zero-order valence-electron chi connectivity index (χ0n) is 21.8. The van der Waals surface area contributed by atoms with Crippen LogP contribution in [0.25, 0.3) is 10.8 Å². The molecule has 4 aromatic carbocycles. The van der Waals surface area contributed by atoms with E-state index in [1.165, 1.54) is 0 Å².